The first kappa shape index (κ1) is 22.5. The van der Waals surface area contributed by atoms with Crippen molar-refractivity contribution in [1.82, 2.24) is 15.3 Å². The molecule has 2 aliphatic carbocycles. The minimum Gasteiger partial charge on any atom is -0.351 e. The van der Waals surface area contributed by atoms with Crippen LogP contribution in [0.5, 0.6) is 0 Å². The van der Waals surface area contributed by atoms with E-state index in [4.69, 9.17) is 11.6 Å². The van der Waals surface area contributed by atoms with Crippen molar-refractivity contribution < 1.29 is 22.8 Å². The molecule has 1 N–H and O–H groups in total. The van der Waals surface area contributed by atoms with Gasteiger partial charge in [0.15, 0.2) is 0 Å². The number of rotatable bonds is 6. The number of amides is 2. The zero-order chi connectivity index (χ0) is 23.0. The predicted octanol–water partition coefficient (Wildman–Crippen LogP) is 3.94. The van der Waals surface area contributed by atoms with Gasteiger partial charge in [0.25, 0.3) is 17.5 Å². The van der Waals surface area contributed by atoms with Gasteiger partial charge in [0.2, 0.25) is 5.91 Å². The molecule has 6 nitrogen and oxygen atoms in total. The number of hydrogen-bond donors (Lipinski definition) is 1. The third kappa shape index (κ3) is 4.30. The lowest BCUT2D eigenvalue weighted by atomic mass is 9.92. The summed E-state index contributed by atoms with van der Waals surface area (Å²) in [4.78, 5) is 35.0. The highest BCUT2D eigenvalue weighted by atomic mass is 35.5. The molecule has 2 bridgehead atoms. The molecule has 1 aromatic carbocycles. The summed E-state index contributed by atoms with van der Waals surface area (Å²) in [5, 5.41) is 2.81. The van der Waals surface area contributed by atoms with Crippen LogP contribution >= 0.6 is 11.6 Å². The van der Waals surface area contributed by atoms with Gasteiger partial charge in [0, 0.05) is 42.0 Å². The lowest BCUT2D eigenvalue weighted by Gasteiger charge is -2.34. The van der Waals surface area contributed by atoms with Crippen molar-refractivity contribution in [1.29, 1.82) is 0 Å². The summed E-state index contributed by atoms with van der Waals surface area (Å²) in [7, 11) is 0. The van der Waals surface area contributed by atoms with Gasteiger partial charge in [-0.1, -0.05) is 29.3 Å². The number of nitrogens with one attached hydrogen (secondary N) is 1. The van der Waals surface area contributed by atoms with Crippen molar-refractivity contribution in [3.05, 3.63) is 54.1 Å². The molecule has 2 aromatic rings. The van der Waals surface area contributed by atoms with Crippen molar-refractivity contribution in [3.8, 4) is 0 Å². The maximum Gasteiger partial charge on any atom is 0.278 e. The lowest BCUT2D eigenvalue weighted by molar-refractivity contribution is -0.128. The summed E-state index contributed by atoms with van der Waals surface area (Å²) in [6, 6.07) is 4.80. The van der Waals surface area contributed by atoms with Gasteiger partial charge in [-0.25, -0.2) is 23.1 Å². The van der Waals surface area contributed by atoms with E-state index in [9.17, 15) is 22.8 Å². The molecule has 5 atom stereocenters. The van der Waals surface area contributed by atoms with Crippen LogP contribution in [0.3, 0.4) is 0 Å². The van der Waals surface area contributed by atoms with E-state index >= 15 is 0 Å². The van der Waals surface area contributed by atoms with Crippen LogP contribution in [0.1, 0.15) is 36.4 Å². The highest BCUT2D eigenvalue weighted by Crippen LogP contribution is 2.53. The second kappa shape index (κ2) is 8.69. The van der Waals surface area contributed by atoms with Gasteiger partial charge in [-0.3, -0.25) is 14.5 Å². The van der Waals surface area contributed by atoms with E-state index in [1.165, 1.54) is 18.7 Å². The first-order chi connectivity index (χ1) is 15.2. The number of anilines is 1. The quantitative estimate of drug-likeness (QED) is 0.654. The third-order valence-corrected chi connectivity index (χ3v) is 6.48. The fraction of sp³-hybridized carbons (Fsp3) is 0.455. The van der Waals surface area contributed by atoms with Crippen LogP contribution in [-0.2, 0) is 9.59 Å². The normalized spacial score (nSPS) is 25.2. The van der Waals surface area contributed by atoms with Crippen LogP contribution in [0.2, 0.25) is 0 Å². The summed E-state index contributed by atoms with van der Waals surface area (Å²) >= 11 is 5.49. The Labute approximate surface area is 188 Å². The summed E-state index contributed by atoms with van der Waals surface area (Å²) in [6.07, 6.45) is 4.17. The molecule has 1 aromatic heterocycles. The molecule has 2 aliphatic rings. The van der Waals surface area contributed by atoms with Crippen molar-refractivity contribution in [3.63, 3.8) is 0 Å². The molecule has 0 aliphatic heterocycles. The van der Waals surface area contributed by atoms with E-state index in [0.717, 1.165) is 10.5 Å². The van der Waals surface area contributed by atoms with Crippen molar-refractivity contribution >= 4 is 29.1 Å². The first-order valence-electron chi connectivity index (χ1n) is 10.3. The topological polar surface area (TPSA) is 75.2 Å². The molecule has 2 amide bonds. The number of aryl methyl sites for hydroxylation is 1. The average Bonchev–Trinajstić information content (AvgIpc) is 3.28. The predicted molar refractivity (Wildman–Crippen MR) is 112 cm³/mol. The highest BCUT2D eigenvalue weighted by molar-refractivity contribution is 6.32. The van der Waals surface area contributed by atoms with Crippen LogP contribution in [0.25, 0.3) is 0 Å². The molecule has 0 radical (unpaired) electrons. The third-order valence-electron chi connectivity index (χ3n) is 6.29. The summed E-state index contributed by atoms with van der Waals surface area (Å²) in [5.41, 5.74) is -0.995. The number of benzene rings is 1. The maximum absolute atomic E-state index is 14.0. The minimum absolute atomic E-state index is 0.154. The van der Waals surface area contributed by atoms with Gasteiger partial charge in [-0.2, -0.15) is 0 Å². The van der Waals surface area contributed by atoms with Crippen molar-refractivity contribution in [2.24, 2.45) is 11.8 Å². The molecule has 32 heavy (non-hydrogen) atoms. The van der Waals surface area contributed by atoms with Crippen LogP contribution < -0.4 is 10.2 Å². The summed E-state index contributed by atoms with van der Waals surface area (Å²) < 4.78 is 41.8. The largest absolute Gasteiger partial charge is 0.351 e. The Balaban J connectivity index is 1.68. The molecule has 10 heteroatoms. The van der Waals surface area contributed by atoms with Crippen LogP contribution in [0, 0.1) is 18.8 Å². The Morgan fingerprint density at radius 1 is 1.19 bits per heavy atom. The molecule has 2 fully saturated rings. The molecule has 1 heterocycles. The Hall–Kier alpha value is -2.68. The summed E-state index contributed by atoms with van der Waals surface area (Å²) in [6.45, 7) is 1.84. The average molecular weight is 467 g/mol. The Morgan fingerprint density at radius 2 is 1.84 bits per heavy atom. The van der Waals surface area contributed by atoms with Gasteiger partial charge in [0.1, 0.15) is 12.4 Å². The van der Waals surface area contributed by atoms with Crippen molar-refractivity contribution in [2.45, 2.75) is 49.8 Å². The van der Waals surface area contributed by atoms with E-state index in [1.807, 2.05) is 6.92 Å². The molecular formula is C22H22ClF3N4O2. The zero-order valence-corrected chi connectivity index (χ0v) is 18.0. The van der Waals surface area contributed by atoms with E-state index in [2.05, 4.69) is 15.3 Å². The number of hydrogen-bond acceptors (Lipinski definition) is 4. The maximum atomic E-state index is 14.0. The van der Waals surface area contributed by atoms with E-state index < -0.39 is 41.4 Å². The Kier molecular flexibility index (Phi) is 6.11. The van der Waals surface area contributed by atoms with Crippen LogP contribution in [-0.4, -0.2) is 39.4 Å². The van der Waals surface area contributed by atoms with Gasteiger partial charge in [-0.15, -0.1) is 0 Å². The van der Waals surface area contributed by atoms with E-state index in [0.29, 0.717) is 6.42 Å². The number of carbonyl (C=O) groups excluding carboxylic acids is 2. The number of alkyl halides is 4. The van der Waals surface area contributed by atoms with Gasteiger partial charge in [-0.05, 0) is 37.8 Å². The standard InChI is InChI=1S/C22H22ClF3N4O2/c1-12-2-4-16(5-3-12)30(21(32)19(23)24)18(14-9-27-11-28-10-14)20(31)29-17-7-15-6-13(17)8-22(15,25)26/h2-5,9-11,13,15,17-19H,6-8H2,1H3,(H,29,31)/t13?,15?,17-,18+,19+/m1/s1. The number of fused-ring (bicyclic) bond motifs is 2. The number of nitrogens with zero attached hydrogens (tertiary/aromatic N) is 3. The highest BCUT2D eigenvalue weighted by Gasteiger charge is 2.57. The monoisotopic (exact) mass is 466 g/mol. The van der Waals surface area contributed by atoms with E-state index in [-0.39, 0.29) is 30.0 Å². The smallest absolute Gasteiger partial charge is 0.278 e. The minimum atomic E-state index is -2.72. The molecule has 170 valence electrons. The Bertz CT molecular complexity index is 990. The van der Waals surface area contributed by atoms with E-state index in [1.54, 1.807) is 24.3 Å². The molecule has 0 spiro atoms. The Morgan fingerprint density at radius 3 is 2.38 bits per heavy atom. The van der Waals surface area contributed by atoms with Gasteiger partial charge >= 0.3 is 0 Å². The fourth-order valence-electron chi connectivity index (χ4n) is 4.73. The molecule has 2 unspecified atom stereocenters. The second-order valence-electron chi connectivity index (χ2n) is 8.43. The lowest BCUT2D eigenvalue weighted by Crippen LogP contribution is -2.50. The van der Waals surface area contributed by atoms with Gasteiger partial charge in [0.05, 0.1) is 0 Å². The van der Waals surface area contributed by atoms with Gasteiger partial charge < -0.3 is 5.32 Å². The molecule has 2 saturated carbocycles. The number of halogens is 4. The molecular weight excluding hydrogens is 445 g/mol. The van der Waals surface area contributed by atoms with Crippen molar-refractivity contribution in [2.75, 3.05) is 4.90 Å². The SMILES string of the molecule is Cc1ccc(N(C(=O)[C@H](F)Cl)[C@H](C(=O)N[C@@H]2CC3CC2CC3(F)F)c2cncnc2)cc1. The molecule has 0 saturated heterocycles. The number of carbonyl (C=O) groups is 2. The molecule has 4 rings (SSSR count). The zero-order valence-electron chi connectivity index (χ0n) is 17.2. The van der Waals surface area contributed by atoms with Crippen LogP contribution in [0.15, 0.2) is 43.0 Å². The second-order valence-corrected chi connectivity index (χ2v) is 8.81. The summed E-state index contributed by atoms with van der Waals surface area (Å²) in [5.74, 6) is -5.60. The number of aromatic nitrogens is 2. The first-order valence-corrected chi connectivity index (χ1v) is 10.7. The fourth-order valence-corrected chi connectivity index (χ4v) is 4.84. The van der Waals surface area contributed by atoms with Crippen LogP contribution in [0.4, 0.5) is 18.9 Å².